The minimum atomic E-state index is -0.271. The summed E-state index contributed by atoms with van der Waals surface area (Å²) >= 11 is 0. The Labute approximate surface area is 151 Å². The summed E-state index contributed by atoms with van der Waals surface area (Å²) in [5, 5.41) is 4.20. The molecule has 0 amide bonds. The van der Waals surface area contributed by atoms with Crippen molar-refractivity contribution < 1.29 is 14.2 Å². The van der Waals surface area contributed by atoms with Crippen LogP contribution in [-0.2, 0) is 14.2 Å². The predicted molar refractivity (Wildman–Crippen MR) is 96.5 cm³/mol. The topological polar surface area (TPSA) is 39.7 Å². The van der Waals surface area contributed by atoms with Gasteiger partial charge < -0.3 is 19.5 Å². The van der Waals surface area contributed by atoms with Gasteiger partial charge in [0.1, 0.15) is 0 Å². The van der Waals surface area contributed by atoms with Crippen LogP contribution in [0.2, 0.25) is 0 Å². The van der Waals surface area contributed by atoms with E-state index in [0.717, 1.165) is 58.3 Å². The molecule has 4 nitrogen and oxygen atoms in total. The molecule has 3 saturated heterocycles. The standard InChI is InChI=1S/C21H33NO3/c1-17-15-18(4-8-20(9-5-18)3-2-12-23-20)22-19(16-17)6-10-21(11-7-19)24-13-14-25-21/h22H,1-16H2. The van der Waals surface area contributed by atoms with Gasteiger partial charge in [-0.3, -0.25) is 0 Å². The summed E-state index contributed by atoms with van der Waals surface area (Å²) < 4.78 is 18.1. The van der Waals surface area contributed by atoms with Gasteiger partial charge in [-0.25, -0.2) is 0 Å². The van der Waals surface area contributed by atoms with Crippen LogP contribution >= 0.6 is 0 Å². The summed E-state index contributed by atoms with van der Waals surface area (Å²) in [4.78, 5) is 0. The first kappa shape index (κ1) is 16.7. The number of hydrogen-bond acceptors (Lipinski definition) is 4. The fraction of sp³-hybridized carbons (Fsp3) is 0.905. The summed E-state index contributed by atoms with van der Waals surface area (Å²) in [5.41, 5.74) is 2.14. The molecular weight excluding hydrogens is 314 g/mol. The van der Waals surface area contributed by atoms with Gasteiger partial charge in [-0.1, -0.05) is 12.2 Å². The van der Waals surface area contributed by atoms with Crippen molar-refractivity contribution in [1.82, 2.24) is 5.32 Å². The van der Waals surface area contributed by atoms with Crippen molar-refractivity contribution in [2.75, 3.05) is 19.8 Å². The lowest BCUT2D eigenvalue weighted by atomic mass is 9.63. The smallest absolute Gasteiger partial charge is 0.168 e. The van der Waals surface area contributed by atoms with E-state index in [2.05, 4.69) is 11.9 Å². The van der Waals surface area contributed by atoms with Crippen molar-refractivity contribution >= 4 is 0 Å². The summed E-state index contributed by atoms with van der Waals surface area (Å²) in [6.07, 6.45) is 14.1. The maximum absolute atomic E-state index is 6.16. The Balaban J connectivity index is 1.30. The monoisotopic (exact) mass is 347 g/mol. The van der Waals surface area contributed by atoms with Crippen LogP contribution in [0.5, 0.6) is 0 Å². The fourth-order valence-corrected chi connectivity index (χ4v) is 6.50. The van der Waals surface area contributed by atoms with Crippen molar-refractivity contribution in [1.29, 1.82) is 0 Å². The minimum absolute atomic E-state index is 0.209. The van der Waals surface area contributed by atoms with E-state index in [1.165, 1.54) is 44.1 Å². The third-order valence-electron chi connectivity index (χ3n) is 7.79. The molecule has 4 heteroatoms. The average molecular weight is 347 g/mol. The van der Waals surface area contributed by atoms with Gasteiger partial charge in [-0.2, -0.15) is 0 Å². The van der Waals surface area contributed by atoms with Crippen LogP contribution in [0.15, 0.2) is 12.2 Å². The molecule has 140 valence electrons. The number of ether oxygens (including phenoxy) is 3. The number of hydrogen-bond donors (Lipinski definition) is 1. The van der Waals surface area contributed by atoms with Crippen LogP contribution in [0.4, 0.5) is 0 Å². The molecule has 0 radical (unpaired) electrons. The Bertz CT molecular complexity index is 479. The molecule has 3 aliphatic heterocycles. The van der Waals surface area contributed by atoms with E-state index in [1.807, 2.05) is 0 Å². The highest BCUT2D eigenvalue weighted by Crippen LogP contribution is 2.51. The summed E-state index contributed by atoms with van der Waals surface area (Å²) in [6.45, 7) is 6.96. The molecule has 0 atom stereocenters. The Hall–Kier alpha value is -0.420. The zero-order chi connectivity index (χ0) is 17.0. The molecule has 0 aromatic carbocycles. The van der Waals surface area contributed by atoms with E-state index >= 15 is 0 Å². The van der Waals surface area contributed by atoms with Crippen molar-refractivity contribution in [3.63, 3.8) is 0 Å². The molecule has 25 heavy (non-hydrogen) atoms. The molecule has 2 aliphatic carbocycles. The zero-order valence-corrected chi connectivity index (χ0v) is 15.5. The Morgan fingerprint density at radius 3 is 1.84 bits per heavy atom. The molecule has 5 aliphatic rings. The lowest BCUT2D eigenvalue weighted by molar-refractivity contribution is -0.189. The number of piperidine rings is 1. The van der Waals surface area contributed by atoms with Gasteiger partial charge in [0.2, 0.25) is 0 Å². The van der Waals surface area contributed by atoms with Gasteiger partial charge in [0.05, 0.1) is 18.8 Å². The van der Waals surface area contributed by atoms with Gasteiger partial charge in [0, 0.05) is 30.5 Å². The molecule has 0 aromatic heterocycles. The van der Waals surface area contributed by atoms with Crippen molar-refractivity contribution in [2.45, 2.75) is 99.5 Å². The first-order valence-corrected chi connectivity index (χ1v) is 10.4. The van der Waals surface area contributed by atoms with Crippen LogP contribution < -0.4 is 5.32 Å². The van der Waals surface area contributed by atoms with Crippen molar-refractivity contribution in [3.8, 4) is 0 Å². The molecule has 4 spiro atoms. The van der Waals surface area contributed by atoms with Crippen molar-refractivity contribution in [3.05, 3.63) is 12.2 Å². The zero-order valence-electron chi connectivity index (χ0n) is 15.5. The maximum Gasteiger partial charge on any atom is 0.168 e. The number of nitrogens with one attached hydrogen (secondary N) is 1. The Kier molecular flexibility index (Phi) is 3.87. The lowest BCUT2D eigenvalue weighted by Gasteiger charge is -2.56. The van der Waals surface area contributed by atoms with Crippen LogP contribution in [0, 0.1) is 0 Å². The van der Waals surface area contributed by atoms with E-state index in [-0.39, 0.29) is 22.5 Å². The third-order valence-corrected chi connectivity index (χ3v) is 7.79. The largest absolute Gasteiger partial charge is 0.375 e. The second-order valence-corrected chi connectivity index (χ2v) is 9.53. The number of rotatable bonds is 0. The van der Waals surface area contributed by atoms with Gasteiger partial charge in [-0.05, 0) is 64.2 Å². The van der Waals surface area contributed by atoms with E-state index in [1.54, 1.807) is 0 Å². The van der Waals surface area contributed by atoms with Crippen LogP contribution in [-0.4, -0.2) is 42.3 Å². The predicted octanol–water partition coefficient (Wildman–Crippen LogP) is 3.84. The molecule has 0 aromatic rings. The van der Waals surface area contributed by atoms with E-state index in [9.17, 15) is 0 Å². The van der Waals surface area contributed by atoms with Gasteiger partial charge >= 0.3 is 0 Å². The lowest BCUT2D eigenvalue weighted by Crippen LogP contribution is -2.65. The summed E-state index contributed by atoms with van der Waals surface area (Å²) in [6, 6.07) is 0. The first-order valence-electron chi connectivity index (χ1n) is 10.4. The van der Waals surface area contributed by atoms with E-state index in [0.29, 0.717) is 0 Å². The van der Waals surface area contributed by atoms with E-state index < -0.39 is 0 Å². The summed E-state index contributed by atoms with van der Waals surface area (Å²) in [5.74, 6) is -0.271. The molecule has 5 fully saturated rings. The van der Waals surface area contributed by atoms with E-state index in [4.69, 9.17) is 14.2 Å². The highest BCUT2D eigenvalue weighted by Gasteiger charge is 2.53. The molecule has 0 bridgehead atoms. The molecule has 3 heterocycles. The van der Waals surface area contributed by atoms with Gasteiger partial charge in [0.15, 0.2) is 5.79 Å². The summed E-state index contributed by atoms with van der Waals surface area (Å²) in [7, 11) is 0. The molecule has 0 unspecified atom stereocenters. The van der Waals surface area contributed by atoms with Crippen molar-refractivity contribution in [2.24, 2.45) is 0 Å². The van der Waals surface area contributed by atoms with Crippen LogP contribution in [0.1, 0.15) is 77.0 Å². The normalized spacial score (nSPS) is 39.0. The highest BCUT2D eigenvalue weighted by molar-refractivity contribution is 5.20. The molecule has 1 N–H and O–H groups in total. The second kappa shape index (κ2) is 5.79. The first-order chi connectivity index (χ1) is 12.1. The van der Waals surface area contributed by atoms with Gasteiger partial charge in [-0.15, -0.1) is 0 Å². The Morgan fingerprint density at radius 1 is 0.680 bits per heavy atom. The Morgan fingerprint density at radius 2 is 1.28 bits per heavy atom. The quantitative estimate of drug-likeness (QED) is 0.676. The van der Waals surface area contributed by atoms with Gasteiger partial charge in [0.25, 0.3) is 0 Å². The highest BCUT2D eigenvalue weighted by atomic mass is 16.7. The average Bonchev–Trinajstić information content (AvgIpc) is 3.25. The minimum Gasteiger partial charge on any atom is -0.375 e. The molecule has 2 saturated carbocycles. The van der Waals surface area contributed by atoms with Crippen LogP contribution in [0.3, 0.4) is 0 Å². The second-order valence-electron chi connectivity index (χ2n) is 9.53. The molecular formula is C21H33NO3. The SMILES string of the molecule is C=C1CC2(CCC3(CCCO3)CC2)NC2(CCC3(CC2)OCCO3)C1. The van der Waals surface area contributed by atoms with Crippen LogP contribution in [0.25, 0.3) is 0 Å². The maximum atomic E-state index is 6.16. The fourth-order valence-electron chi connectivity index (χ4n) is 6.50. The third kappa shape index (κ3) is 2.90. The molecule has 5 rings (SSSR count).